The second-order valence-corrected chi connectivity index (χ2v) is 6.79. The number of piperazine rings is 1. The van der Waals surface area contributed by atoms with Crippen LogP contribution in [0.2, 0.25) is 0 Å². The van der Waals surface area contributed by atoms with E-state index in [0.717, 1.165) is 44.3 Å². The first kappa shape index (κ1) is 19.2. The van der Waals surface area contributed by atoms with Gasteiger partial charge in [-0.3, -0.25) is 9.69 Å². The zero-order valence-corrected chi connectivity index (χ0v) is 16.2. The number of nitrogens with one attached hydrogen (secondary N) is 1. The summed E-state index contributed by atoms with van der Waals surface area (Å²) in [7, 11) is 1.69. The number of nitrogens with zero attached hydrogens (tertiary/aromatic N) is 4. The Balaban J connectivity index is 1.32. The number of rotatable bonds is 8. The van der Waals surface area contributed by atoms with E-state index >= 15 is 0 Å². The molecule has 7 heteroatoms. The van der Waals surface area contributed by atoms with Gasteiger partial charge in [0.15, 0.2) is 0 Å². The molecule has 1 fully saturated rings. The second-order valence-electron chi connectivity index (χ2n) is 6.79. The molecule has 0 bridgehead atoms. The summed E-state index contributed by atoms with van der Waals surface area (Å²) in [6.07, 6.45) is 4.16. The third-order valence-corrected chi connectivity index (χ3v) is 5.06. The number of aryl methyl sites for hydroxylation is 2. The number of carbonyl (C=O) groups excluding carboxylic acids is 1. The van der Waals surface area contributed by atoms with E-state index in [0.29, 0.717) is 19.5 Å². The van der Waals surface area contributed by atoms with Gasteiger partial charge in [0.2, 0.25) is 5.91 Å². The van der Waals surface area contributed by atoms with Crippen molar-refractivity contribution in [2.75, 3.05) is 51.3 Å². The van der Waals surface area contributed by atoms with E-state index in [1.165, 1.54) is 5.69 Å². The lowest BCUT2D eigenvalue weighted by Gasteiger charge is -2.36. The third kappa shape index (κ3) is 5.47. The number of carbonyl (C=O) groups is 1. The Labute approximate surface area is 160 Å². The van der Waals surface area contributed by atoms with Gasteiger partial charge in [-0.05, 0) is 31.2 Å². The Morgan fingerprint density at radius 1 is 1.15 bits per heavy atom. The molecule has 1 amide bonds. The number of hydrogen-bond donors (Lipinski definition) is 1. The average Bonchev–Trinajstić information content (AvgIpc) is 3.12. The number of hydrogen-bond acceptors (Lipinski definition) is 5. The van der Waals surface area contributed by atoms with Crippen LogP contribution >= 0.6 is 0 Å². The van der Waals surface area contributed by atoms with Crippen LogP contribution < -0.4 is 15.0 Å². The molecule has 1 saturated heterocycles. The number of methoxy groups -OCH3 is 1. The van der Waals surface area contributed by atoms with Crippen LogP contribution in [0.5, 0.6) is 5.75 Å². The first-order valence-electron chi connectivity index (χ1n) is 9.51. The Hall–Kier alpha value is -2.54. The number of amides is 1. The third-order valence-electron chi connectivity index (χ3n) is 5.06. The Morgan fingerprint density at radius 2 is 1.89 bits per heavy atom. The topological polar surface area (TPSA) is 62.6 Å². The number of ether oxygens (including phenoxy) is 1. The highest BCUT2D eigenvalue weighted by atomic mass is 16.5. The van der Waals surface area contributed by atoms with Gasteiger partial charge < -0.3 is 19.5 Å². The van der Waals surface area contributed by atoms with E-state index in [1.54, 1.807) is 13.3 Å². The van der Waals surface area contributed by atoms with Crippen molar-refractivity contribution in [1.82, 2.24) is 19.8 Å². The van der Waals surface area contributed by atoms with Crippen LogP contribution in [0.4, 0.5) is 5.69 Å². The lowest BCUT2D eigenvalue weighted by Crippen LogP contribution is -2.48. The number of benzene rings is 1. The molecule has 146 valence electrons. The van der Waals surface area contributed by atoms with Gasteiger partial charge >= 0.3 is 0 Å². The van der Waals surface area contributed by atoms with E-state index in [-0.39, 0.29) is 5.91 Å². The molecule has 1 aliphatic rings. The maximum absolute atomic E-state index is 12.0. The van der Waals surface area contributed by atoms with E-state index in [9.17, 15) is 4.79 Å². The molecule has 2 heterocycles. The lowest BCUT2D eigenvalue weighted by molar-refractivity contribution is -0.121. The van der Waals surface area contributed by atoms with Crippen molar-refractivity contribution in [3.05, 3.63) is 42.5 Å². The fourth-order valence-electron chi connectivity index (χ4n) is 3.33. The zero-order valence-electron chi connectivity index (χ0n) is 16.2. The first-order valence-corrected chi connectivity index (χ1v) is 9.51. The van der Waals surface area contributed by atoms with Crippen LogP contribution in [0, 0.1) is 6.92 Å². The summed E-state index contributed by atoms with van der Waals surface area (Å²) in [5.74, 6) is 1.92. The van der Waals surface area contributed by atoms with Crippen LogP contribution in [0.3, 0.4) is 0 Å². The molecule has 0 spiro atoms. The van der Waals surface area contributed by atoms with Gasteiger partial charge in [0.1, 0.15) is 11.6 Å². The van der Waals surface area contributed by atoms with Gasteiger partial charge in [-0.15, -0.1) is 0 Å². The molecular weight excluding hydrogens is 342 g/mol. The summed E-state index contributed by atoms with van der Waals surface area (Å²) in [6, 6.07) is 8.22. The van der Waals surface area contributed by atoms with E-state index in [1.807, 2.05) is 29.8 Å². The summed E-state index contributed by atoms with van der Waals surface area (Å²) in [5.41, 5.74) is 1.23. The summed E-state index contributed by atoms with van der Waals surface area (Å²) < 4.78 is 7.21. The highest BCUT2D eigenvalue weighted by Gasteiger charge is 2.17. The molecule has 3 rings (SSSR count). The molecule has 0 aliphatic carbocycles. The summed E-state index contributed by atoms with van der Waals surface area (Å²) >= 11 is 0. The van der Waals surface area contributed by atoms with Gasteiger partial charge in [0.05, 0.1) is 7.11 Å². The fraction of sp³-hybridized carbons (Fsp3) is 0.500. The molecule has 1 aliphatic heterocycles. The average molecular weight is 371 g/mol. The van der Waals surface area contributed by atoms with Crippen LogP contribution in [-0.2, 0) is 11.3 Å². The predicted molar refractivity (Wildman–Crippen MR) is 106 cm³/mol. The summed E-state index contributed by atoms with van der Waals surface area (Å²) in [4.78, 5) is 21.0. The minimum atomic E-state index is 0.0972. The van der Waals surface area contributed by atoms with Crippen molar-refractivity contribution in [2.45, 2.75) is 19.9 Å². The largest absolute Gasteiger partial charge is 0.497 e. The highest BCUT2D eigenvalue weighted by Crippen LogP contribution is 2.20. The lowest BCUT2D eigenvalue weighted by atomic mass is 10.2. The molecule has 0 atom stereocenters. The monoisotopic (exact) mass is 371 g/mol. The maximum atomic E-state index is 12.0. The van der Waals surface area contributed by atoms with E-state index in [2.05, 4.69) is 32.2 Å². The zero-order chi connectivity index (χ0) is 19.1. The maximum Gasteiger partial charge on any atom is 0.221 e. The SMILES string of the molecule is COc1ccc(N2CCN(CCNC(=O)CCn3ccnc3C)CC2)cc1. The van der Waals surface area contributed by atoms with Crippen molar-refractivity contribution < 1.29 is 9.53 Å². The molecule has 0 radical (unpaired) electrons. The molecule has 2 aromatic rings. The van der Waals surface area contributed by atoms with Gasteiger partial charge in [0, 0.05) is 70.3 Å². The first-order chi connectivity index (χ1) is 13.2. The molecule has 0 saturated carbocycles. The molecular formula is C20H29N5O2. The molecule has 1 aromatic carbocycles. The van der Waals surface area contributed by atoms with E-state index < -0.39 is 0 Å². The van der Waals surface area contributed by atoms with Gasteiger partial charge in [-0.2, -0.15) is 0 Å². The van der Waals surface area contributed by atoms with Crippen LogP contribution in [-0.4, -0.2) is 66.7 Å². The quantitative estimate of drug-likeness (QED) is 0.762. The van der Waals surface area contributed by atoms with Gasteiger partial charge in [-0.1, -0.05) is 0 Å². The van der Waals surface area contributed by atoms with Crippen LogP contribution in [0.15, 0.2) is 36.7 Å². The molecule has 1 aromatic heterocycles. The minimum Gasteiger partial charge on any atom is -0.497 e. The van der Waals surface area contributed by atoms with Crippen LogP contribution in [0.1, 0.15) is 12.2 Å². The van der Waals surface area contributed by atoms with Crippen molar-refractivity contribution in [3.8, 4) is 5.75 Å². The van der Waals surface area contributed by atoms with Crippen molar-refractivity contribution in [1.29, 1.82) is 0 Å². The Morgan fingerprint density at radius 3 is 2.52 bits per heavy atom. The van der Waals surface area contributed by atoms with Crippen molar-refractivity contribution >= 4 is 11.6 Å². The van der Waals surface area contributed by atoms with Crippen LogP contribution in [0.25, 0.3) is 0 Å². The molecule has 27 heavy (non-hydrogen) atoms. The van der Waals surface area contributed by atoms with Crippen molar-refractivity contribution in [3.63, 3.8) is 0 Å². The molecule has 7 nitrogen and oxygen atoms in total. The normalized spacial score (nSPS) is 15.0. The number of anilines is 1. The smallest absolute Gasteiger partial charge is 0.221 e. The fourth-order valence-corrected chi connectivity index (χ4v) is 3.33. The van der Waals surface area contributed by atoms with Gasteiger partial charge in [0.25, 0.3) is 0 Å². The Kier molecular flexibility index (Phi) is 6.70. The number of aromatic nitrogens is 2. The number of imidazole rings is 1. The van der Waals surface area contributed by atoms with Gasteiger partial charge in [-0.25, -0.2) is 4.98 Å². The standard InChI is InChI=1S/C20H29N5O2/c1-17-21-9-12-24(17)10-7-20(26)22-8-11-23-13-15-25(16-14-23)18-3-5-19(27-2)6-4-18/h3-6,9,12H,7-8,10-11,13-16H2,1-2H3,(H,22,26). The second kappa shape index (κ2) is 9.41. The summed E-state index contributed by atoms with van der Waals surface area (Å²) in [5, 5.41) is 3.03. The van der Waals surface area contributed by atoms with Crippen molar-refractivity contribution in [2.24, 2.45) is 0 Å². The molecule has 0 unspecified atom stereocenters. The predicted octanol–water partition coefficient (Wildman–Crippen LogP) is 1.53. The highest BCUT2D eigenvalue weighted by molar-refractivity contribution is 5.75. The van der Waals surface area contributed by atoms with E-state index in [4.69, 9.17) is 4.74 Å². The Bertz CT molecular complexity index is 720. The molecule has 1 N–H and O–H groups in total. The minimum absolute atomic E-state index is 0.0972. The summed E-state index contributed by atoms with van der Waals surface area (Å²) in [6.45, 7) is 8.24.